The van der Waals surface area contributed by atoms with Crippen molar-refractivity contribution >= 4 is 5.97 Å². The molecular weight excluding hydrogens is 256 g/mol. The summed E-state index contributed by atoms with van der Waals surface area (Å²) >= 11 is 0. The molecule has 2 atom stereocenters. The Hall–Kier alpha value is -0.650. The van der Waals surface area contributed by atoms with Crippen LogP contribution in [0.25, 0.3) is 0 Å². The highest BCUT2D eigenvalue weighted by molar-refractivity contribution is 5.78. The first kappa shape index (κ1) is 19.4. The van der Waals surface area contributed by atoms with Gasteiger partial charge in [0, 0.05) is 26.2 Å². The second kappa shape index (κ2) is 10.1. The van der Waals surface area contributed by atoms with Crippen molar-refractivity contribution in [1.29, 1.82) is 0 Å². The van der Waals surface area contributed by atoms with Crippen molar-refractivity contribution in [3.63, 3.8) is 0 Å². The molecule has 0 bridgehead atoms. The molecule has 0 aromatic rings. The van der Waals surface area contributed by atoms with Gasteiger partial charge in [-0.2, -0.15) is 0 Å². The van der Waals surface area contributed by atoms with Crippen LogP contribution >= 0.6 is 0 Å². The van der Waals surface area contributed by atoms with Crippen LogP contribution in [0.2, 0.25) is 0 Å². The van der Waals surface area contributed by atoms with Crippen LogP contribution in [0.4, 0.5) is 0 Å². The average molecular weight is 288 g/mol. The first-order chi connectivity index (χ1) is 9.41. The van der Waals surface area contributed by atoms with Crippen molar-refractivity contribution in [3.8, 4) is 0 Å². The molecule has 0 rings (SSSR count). The molecule has 5 heteroatoms. The van der Waals surface area contributed by atoms with Gasteiger partial charge in [-0.25, -0.2) is 0 Å². The highest BCUT2D eigenvalue weighted by Gasteiger charge is 2.32. The number of ether oxygens (including phenoxy) is 1. The fraction of sp³-hybridized carbons (Fsp3) is 0.933. The summed E-state index contributed by atoms with van der Waals surface area (Å²) in [6.07, 6.45) is 2.58. The van der Waals surface area contributed by atoms with Gasteiger partial charge in [0.2, 0.25) is 0 Å². The minimum Gasteiger partial charge on any atom is -0.480 e. The summed E-state index contributed by atoms with van der Waals surface area (Å²) in [5, 5.41) is 12.6. The van der Waals surface area contributed by atoms with Gasteiger partial charge in [0.25, 0.3) is 0 Å². The minimum absolute atomic E-state index is 0.439. The fourth-order valence-corrected chi connectivity index (χ4v) is 2.06. The maximum absolute atomic E-state index is 11.5. The lowest BCUT2D eigenvalue weighted by molar-refractivity contribution is -0.144. The van der Waals surface area contributed by atoms with Crippen LogP contribution in [0.5, 0.6) is 0 Å². The van der Waals surface area contributed by atoms with E-state index < -0.39 is 11.5 Å². The largest absolute Gasteiger partial charge is 0.480 e. The molecule has 120 valence electrons. The molecule has 0 spiro atoms. The van der Waals surface area contributed by atoms with Crippen molar-refractivity contribution in [2.24, 2.45) is 0 Å². The molecule has 0 aliphatic rings. The summed E-state index contributed by atoms with van der Waals surface area (Å²) < 4.78 is 5.14. The number of nitrogens with zero attached hydrogens (tertiary/aromatic N) is 1. The predicted molar refractivity (Wildman–Crippen MR) is 82.2 cm³/mol. The Balaban J connectivity index is 4.56. The molecule has 2 unspecified atom stereocenters. The van der Waals surface area contributed by atoms with E-state index in [1.807, 2.05) is 6.92 Å². The first-order valence-corrected chi connectivity index (χ1v) is 7.62. The van der Waals surface area contributed by atoms with E-state index in [9.17, 15) is 9.90 Å². The third kappa shape index (κ3) is 6.68. The Bertz CT molecular complexity index is 274. The number of hydrogen-bond acceptors (Lipinski definition) is 4. The van der Waals surface area contributed by atoms with Crippen LogP contribution in [-0.2, 0) is 9.53 Å². The lowest BCUT2D eigenvalue weighted by atomic mass is 9.97. The van der Waals surface area contributed by atoms with E-state index in [2.05, 4.69) is 24.1 Å². The van der Waals surface area contributed by atoms with Gasteiger partial charge >= 0.3 is 5.97 Å². The third-order valence-electron chi connectivity index (χ3n) is 3.93. The molecule has 20 heavy (non-hydrogen) atoms. The van der Waals surface area contributed by atoms with Crippen molar-refractivity contribution in [1.82, 2.24) is 10.2 Å². The van der Waals surface area contributed by atoms with Crippen LogP contribution in [0.1, 0.15) is 47.0 Å². The van der Waals surface area contributed by atoms with E-state index in [0.717, 1.165) is 32.5 Å². The lowest BCUT2D eigenvalue weighted by Gasteiger charge is -2.33. The highest BCUT2D eigenvalue weighted by Crippen LogP contribution is 2.14. The van der Waals surface area contributed by atoms with Crippen molar-refractivity contribution in [3.05, 3.63) is 0 Å². The highest BCUT2D eigenvalue weighted by atomic mass is 16.5. The third-order valence-corrected chi connectivity index (χ3v) is 3.93. The molecule has 0 amide bonds. The van der Waals surface area contributed by atoms with E-state index in [4.69, 9.17) is 4.74 Å². The van der Waals surface area contributed by atoms with Gasteiger partial charge in [0.15, 0.2) is 0 Å². The van der Waals surface area contributed by atoms with Gasteiger partial charge in [-0.3, -0.25) is 9.69 Å². The van der Waals surface area contributed by atoms with Crippen LogP contribution in [0, 0.1) is 0 Å². The van der Waals surface area contributed by atoms with E-state index in [1.54, 1.807) is 14.0 Å². The topological polar surface area (TPSA) is 61.8 Å². The number of aliphatic carboxylic acids is 1. The van der Waals surface area contributed by atoms with E-state index in [-0.39, 0.29) is 0 Å². The van der Waals surface area contributed by atoms with Gasteiger partial charge in [0.1, 0.15) is 5.54 Å². The van der Waals surface area contributed by atoms with E-state index in [1.165, 1.54) is 0 Å². The first-order valence-electron chi connectivity index (χ1n) is 7.62. The molecule has 0 aliphatic carbocycles. The zero-order valence-electron chi connectivity index (χ0n) is 13.7. The maximum Gasteiger partial charge on any atom is 0.323 e. The fourth-order valence-electron chi connectivity index (χ4n) is 2.06. The molecule has 2 N–H and O–H groups in total. The molecule has 0 aromatic carbocycles. The monoisotopic (exact) mass is 288 g/mol. The zero-order valence-corrected chi connectivity index (χ0v) is 13.7. The molecule has 5 nitrogen and oxygen atoms in total. The molecule has 0 fully saturated rings. The second-order valence-corrected chi connectivity index (χ2v) is 5.60. The Morgan fingerprint density at radius 2 is 2.05 bits per heavy atom. The summed E-state index contributed by atoms with van der Waals surface area (Å²) in [6.45, 7) is 11.1. The van der Waals surface area contributed by atoms with Crippen LogP contribution in [-0.4, -0.2) is 60.9 Å². The average Bonchev–Trinajstić information content (AvgIpc) is 2.44. The molecule has 0 radical (unpaired) electrons. The number of carbonyl (C=O) groups is 1. The number of carboxylic acids is 1. The van der Waals surface area contributed by atoms with Crippen LogP contribution in [0.3, 0.4) is 0 Å². The standard InChI is InChI=1S/C15H32N2O3/c1-6-9-16-15(4,14(18)19)8-10-17(11-12-20-5)13(3)7-2/h13,16H,6-12H2,1-5H3,(H,18,19). The summed E-state index contributed by atoms with van der Waals surface area (Å²) in [5.74, 6) is -0.776. The smallest absolute Gasteiger partial charge is 0.323 e. The van der Waals surface area contributed by atoms with Crippen LogP contribution < -0.4 is 5.32 Å². The van der Waals surface area contributed by atoms with E-state index in [0.29, 0.717) is 19.1 Å². The number of carboxylic acid groups (broad SMARTS) is 1. The summed E-state index contributed by atoms with van der Waals surface area (Å²) in [7, 11) is 1.69. The minimum atomic E-state index is -0.852. The SMILES string of the molecule is CCCNC(C)(CCN(CCOC)C(C)CC)C(=O)O. The Morgan fingerprint density at radius 3 is 2.50 bits per heavy atom. The Kier molecular flexibility index (Phi) is 9.80. The van der Waals surface area contributed by atoms with Crippen molar-refractivity contribution < 1.29 is 14.6 Å². The van der Waals surface area contributed by atoms with Gasteiger partial charge in [-0.15, -0.1) is 0 Å². The summed E-state index contributed by atoms with van der Waals surface area (Å²) in [4.78, 5) is 13.8. The molecule has 0 aliphatic heterocycles. The summed E-state index contributed by atoms with van der Waals surface area (Å²) in [5.41, 5.74) is -0.852. The molecular formula is C15H32N2O3. The number of rotatable bonds is 12. The Morgan fingerprint density at radius 1 is 1.40 bits per heavy atom. The van der Waals surface area contributed by atoms with Crippen molar-refractivity contribution in [2.45, 2.75) is 58.5 Å². The van der Waals surface area contributed by atoms with Crippen molar-refractivity contribution in [2.75, 3.05) is 33.4 Å². The number of methoxy groups -OCH3 is 1. The quantitative estimate of drug-likeness (QED) is 0.575. The molecule has 0 aromatic heterocycles. The van der Waals surface area contributed by atoms with Gasteiger partial charge in [-0.1, -0.05) is 13.8 Å². The molecule has 0 heterocycles. The van der Waals surface area contributed by atoms with Gasteiger partial charge < -0.3 is 15.2 Å². The molecule has 0 saturated heterocycles. The number of nitrogens with one attached hydrogen (secondary N) is 1. The predicted octanol–water partition coefficient (Wildman–Crippen LogP) is 1.97. The summed E-state index contributed by atoms with van der Waals surface area (Å²) in [6, 6.07) is 0.439. The van der Waals surface area contributed by atoms with Gasteiger partial charge in [-0.05, 0) is 39.7 Å². The van der Waals surface area contributed by atoms with E-state index >= 15 is 0 Å². The Labute approximate surface area is 123 Å². The maximum atomic E-state index is 11.5. The second-order valence-electron chi connectivity index (χ2n) is 5.60. The van der Waals surface area contributed by atoms with Crippen LogP contribution in [0.15, 0.2) is 0 Å². The van der Waals surface area contributed by atoms with Gasteiger partial charge in [0.05, 0.1) is 6.61 Å². The lowest BCUT2D eigenvalue weighted by Crippen LogP contribution is -2.52. The normalized spacial score (nSPS) is 16.1. The zero-order chi connectivity index (χ0) is 15.6. The molecule has 0 saturated carbocycles. The number of hydrogen-bond donors (Lipinski definition) is 2.